The SMILES string of the molecule is CS(=O)(=O)CCCC1NCCc2cc3c(cc21)OCO3. The highest BCUT2D eigenvalue weighted by atomic mass is 32.2. The number of nitrogens with one attached hydrogen (secondary N) is 1. The van der Waals surface area contributed by atoms with Gasteiger partial charge in [-0.2, -0.15) is 0 Å². The lowest BCUT2D eigenvalue weighted by molar-refractivity contribution is 0.174. The molecule has 20 heavy (non-hydrogen) atoms. The van der Waals surface area contributed by atoms with Gasteiger partial charge in [-0.25, -0.2) is 8.42 Å². The van der Waals surface area contributed by atoms with Crippen LogP contribution in [0.1, 0.15) is 30.0 Å². The van der Waals surface area contributed by atoms with Crippen LogP contribution in [0.4, 0.5) is 0 Å². The lowest BCUT2D eigenvalue weighted by Gasteiger charge is -2.27. The summed E-state index contributed by atoms with van der Waals surface area (Å²) in [6.45, 7) is 1.20. The molecule has 0 amide bonds. The summed E-state index contributed by atoms with van der Waals surface area (Å²) in [6, 6.07) is 4.30. The molecule has 0 aliphatic carbocycles. The second kappa shape index (κ2) is 5.26. The van der Waals surface area contributed by atoms with Gasteiger partial charge in [-0.15, -0.1) is 0 Å². The van der Waals surface area contributed by atoms with Crippen molar-refractivity contribution >= 4 is 9.84 Å². The Bertz CT molecular complexity index is 612. The maximum absolute atomic E-state index is 11.2. The standard InChI is InChI=1S/C14H19NO4S/c1-20(16,17)6-2-3-12-11-8-14-13(18-9-19-14)7-10(11)4-5-15-12/h7-8,12,15H,2-6,9H2,1H3. The van der Waals surface area contributed by atoms with E-state index in [1.54, 1.807) is 0 Å². The molecule has 3 rings (SSSR count). The molecule has 2 aliphatic heterocycles. The van der Waals surface area contributed by atoms with Crippen molar-refractivity contribution < 1.29 is 17.9 Å². The fourth-order valence-electron chi connectivity index (χ4n) is 2.84. The van der Waals surface area contributed by atoms with Crippen LogP contribution in [0.15, 0.2) is 12.1 Å². The average molecular weight is 297 g/mol. The van der Waals surface area contributed by atoms with E-state index in [4.69, 9.17) is 9.47 Å². The summed E-state index contributed by atoms with van der Waals surface area (Å²) >= 11 is 0. The van der Waals surface area contributed by atoms with Gasteiger partial charge in [0.2, 0.25) is 6.79 Å². The third-order valence-electron chi connectivity index (χ3n) is 3.80. The second-order valence-electron chi connectivity index (χ2n) is 5.43. The van der Waals surface area contributed by atoms with E-state index in [0.29, 0.717) is 6.42 Å². The van der Waals surface area contributed by atoms with Crippen molar-refractivity contribution in [2.75, 3.05) is 25.3 Å². The molecule has 0 saturated heterocycles. The molecule has 2 aliphatic rings. The van der Waals surface area contributed by atoms with Crippen LogP contribution in [0.2, 0.25) is 0 Å². The minimum Gasteiger partial charge on any atom is -0.454 e. The summed E-state index contributed by atoms with van der Waals surface area (Å²) in [4.78, 5) is 0. The Hall–Kier alpha value is -1.27. The normalized spacial score (nSPS) is 20.8. The molecule has 6 heteroatoms. The molecule has 1 N–H and O–H groups in total. The number of fused-ring (bicyclic) bond motifs is 2. The van der Waals surface area contributed by atoms with E-state index < -0.39 is 9.84 Å². The van der Waals surface area contributed by atoms with Crippen molar-refractivity contribution in [2.24, 2.45) is 0 Å². The molecule has 0 radical (unpaired) electrons. The maximum Gasteiger partial charge on any atom is 0.231 e. The first kappa shape index (κ1) is 13.7. The summed E-state index contributed by atoms with van der Waals surface area (Å²) in [5.41, 5.74) is 2.49. The van der Waals surface area contributed by atoms with Gasteiger partial charge in [-0.1, -0.05) is 0 Å². The number of sulfone groups is 1. The summed E-state index contributed by atoms with van der Waals surface area (Å²) in [6.07, 6.45) is 3.74. The second-order valence-corrected chi connectivity index (χ2v) is 7.69. The summed E-state index contributed by atoms with van der Waals surface area (Å²) in [7, 11) is -2.88. The van der Waals surface area contributed by atoms with Crippen LogP contribution in [0.3, 0.4) is 0 Å². The van der Waals surface area contributed by atoms with Crippen LogP contribution in [0.25, 0.3) is 0 Å². The zero-order valence-corrected chi connectivity index (χ0v) is 12.3. The molecule has 0 saturated carbocycles. The van der Waals surface area contributed by atoms with Crippen LogP contribution in [0.5, 0.6) is 11.5 Å². The van der Waals surface area contributed by atoms with Gasteiger partial charge in [0.1, 0.15) is 9.84 Å². The molecule has 1 atom stereocenters. The Balaban J connectivity index is 1.76. The molecule has 1 unspecified atom stereocenters. The van der Waals surface area contributed by atoms with Gasteiger partial charge in [0.05, 0.1) is 0 Å². The Morgan fingerprint density at radius 1 is 1.30 bits per heavy atom. The molecule has 0 fully saturated rings. The van der Waals surface area contributed by atoms with E-state index >= 15 is 0 Å². The fraction of sp³-hybridized carbons (Fsp3) is 0.571. The summed E-state index contributed by atoms with van der Waals surface area (Å²) < 4.78 is 33.3. The van der Waals surface area contributed by atoms with Crippen LogP contribution in [-0.2, 0) is 16.3 Å². The molecule has 0 aromatic heterocycles. The number of hydrogen-bond acceptors (Lipinski definition) is 5. The first-order valence-electron chi connectivity index (χ1n) is 6.86. The topological polar surface area (TPSA) is 64.6 Å². The molecular weight excluding hydrogens is 278 g/mol. The smallest absolute Gasteiger partial charge is 0.231 e. The molecule has 5 nitrogen and oxygen atoms in total. The van der Waals surface area contributed by atoms with Gasteiger partial charge < -0.3 is 14.8 Å². The predicted molar refractivity (Wildman–Crippen MR) is 76.0 cm³/mol. The Labute approximate surface area is 119 Å². The molecule has 2 heterocycles. The molecule has 0 spiro atoms. The Kier molecular flexibility index (Phi) is 3.60. The predicted octanol–water partition coefficient (Wildman–Crippen LogP) is 1.43. The molecule has 1 aromatic rings. The highest BCUT2D eigenvalue weighted by Crippen LogP contribution is 2.39. The van der Waals surface area contributed by atoms with Gasteiger partial charge in [0.15, 0.2) is 11.5 Å². The minimum atomic E-state index is -2.88. The zero-order valence-electron chi connectivity index (χ0n) is 11.5. The van der Waals surface area contributed by atoms with E-state index in [-0.39, 0.29) is 18.6 Å². The van der Waals surface area contributed by atoms with Crippen LogP contribution in [0, 0.1) is 0 Å². The highest BCUT2D eigenvalue weighted by molar-refractivity contribution is 7.90. The third kappa shape index (κ3) is 2.91. The highest BCUT2D eigenvalue weighted by Gasteiger charge is 2.24. The summed E-state index contributed by atoms with van der Waals surface area (Å²) in [5, 5.41) is 3.46. The van der Waals surface area contributed by atoms with Gasteiger partial charge in [-0.3, -0.25) is 0 Å². The fourth-order valence-corrected chi connectivity index (χ4v) is 3.53. The van der Waals surface area contributed by atoms with Crippen molar-refractivity contribution in [1.29, 1.82) is 0 Å². The van der Waals surface area contributed by atoms with Crippen LogP contribution < -0.4 is 14.8 Å². The van der Waals surface area contributed by atoms with Crippen LogP contribution >= 0.6 is 0 Å². The number of rotatable bonds is 4. The Morgan fingerprint density at radius 3 is 2.80 bits per heavy atom. The molecule has 1 aromatic carbocycles. The minimum absolute atomic E-state index is 0.204. The monoisotopic (exact) mass is 297 g/mol. The quantitative estimate of drug-likeness (QED) is 0.910. The average Bonchev–Trinajstić information content (AvgIpc) is 2.82. The lowest BCUT2D eigenvalue weighted by atomic mass is 9.91. The van der Waals surface area contributed by atoms with Gasteiger partial charge in [-0.05, 0) is 49.1 Å². The van der Waals surface area contributed by atoms with Gasteiger partial charge in [0.25, 0.3) is 0 Å². The number of benzene rings is 1. The van der Waals surface area contributed by atoms with E-state index in [1.807, 2.05) is 6.07 Å². The first-order chi connectivity index (χ1) is 9.53. The van der Waals surface area contributed by atoms with Crippen molar-refractivity contribution in [3.63, 3.8) is 0 Å². The van der Waals surface area contributed by atoms with Crippen molar-refractivity contribution in [3.05, 3.63) is 23.3 Å². The lowest BCUT2D eigenvalue weighted by Crippen LogP contribution is -2.30. The van der Waals surface area contributed by atoms with Crippen molar-refractivity contribution in [2.45, 2.75) is 25.3 Å². The number of hydrogen-bond donors (Lipinski definition) is 1. The van der Waals surface area contributed by atoms with Gasteiger partial charge in [0, 0.05) is 18.1 Å². The number of ether oxygens (including phenoxy) is 2. The zero-order chi connectivity index (χ0) is 14.2. The van der Waals surface area contributed by atoms with Gasteiger partial charge >= 0.3 is 0 Å². The van der Waals surface area contributed by atoms with E-state index in [0.717, 1.165) is 30.9 Å². The molecule has 110 valence electrons. The maximum atomic E-state index is 11.2. The first-order valence-corrected chi connectivity index (χ1v) is 8.92. The largest absolute Gasteiger partial charge is 0.454 e. The Morgan fingerprint density at radius 2 is 2.05 bits per heavy atom. The molecule has 0 bridgehead atoms. The molecular formula is C14H19NO4S. The van der Waals surface area contributed by atoms with E-state index in [1.165, 1.54) is 17.4 Å². The van der Waals surface area contributed by atoms with Crippen molar-refractivity contribution in [3.8, 4) is 11.5 Å². The summed E-state index contributed by atoms with van der Waals surface area (Å²) in [5.74, 6) is 1.85. The van der Waals surface area contributed by atoms with E-state index in [2.05, 4.69) is 11.4 Å². The van der Waals surface area contributed by atoms with Crippen molar-refractivity contribution in [1.82, 2.24) is 5.32 Å². The van der Waals surface area contributed by atoms with E-state index in [9.17, 15) is 8.42 Å². The third-order valence-corrected chi connectivity index (χ3v) is 4.83. The van der Waals surface area contributed by atoms with Crippen LogP contribution in [-0.4, -0.2) is 33.8 Å².